The van der Waals surface area contributed by atoms with E-state index in [1.165, 1.54) is 24.3 Å². The maximum atomic E-state index is 13.0. The number of rotatable bonds is 10. The first-order valence-electron chi connectivity index (χ1n) is 14.7. The predicted octanol–water partition coefficient (Wildman–Crippen LogP) is 3.10. The third-order valence-electron chi connectivity index (χ3n) is 8.87. The summed E-state index contributed by atoms with van der Waals surface area (Å²) in [7, 11) is -3.32. The SMILES string of the molecule is CCC[N+]1(C(C)Cc2cccc(NC(=O)c3ccc(S(C)(=O)=O)cc3)c2)CCC(C(N)C(=O)N2CCOCC2)CC1. The molecule has 224 valence electrons. The standard InChI is InChI=1S/C31H44N4O5S/c1-4-16-35(17-12-25(13-18-35)29(32)31(37)34-14-19-40-20-15-34)23(2)21-24-6-5-7-27(22-24)33-30(36)26-8-10-28(11-9-26)41(3,38)39/h5-11,22-23,25,29H,4,12-21,32H2,1-3H3/p+1. The summed E-state index contributed by atoms with van der Waals surface area (Å²) in [4.78, 5) is 27.9. The molecule has 2 unspecified atom stereocenters. The number of piperidine rings is 1. The highest BCUT2D eigenvalue weighted by molar-refractivity contribution is 7.90. The van der Waals surface area contributed by atoms with Gasteiger partial charge in [0.15, 0.2) is 9.84 Å². The van der Waals surface area contributed by atoms with Gasteiger partial charge in [0.05, 0.1) is 49.8 Å². The summed E-state index contributed by atoms with van der Waals surface area (Å²) in [6.07, 6.45) is 4.98. The first-order chi connectivity index (χ1) is 19.5. The van der Waals surface area contributed by atoms with Crippen molar-refractivity contribution in [2.45, 2.75) is 56.5 Å². The average molecular weight is 586 g/mol. The van der Waals surface area contributed by atoms with Crippen LogP contribution in [0, 0.1) is 5.92 Å². The molecule has 0 aliphatic carbocycles. The number of quaternary nitrogens is 1. The Hall–Kier alpha value is -2.79. The molecular weight excluding hydrogens is 540 g/mol. The molecule has 2 fully saturated rings. The molecule has 41 heavy (non-hydrogen) atoms. The van der Waals surface area contributed by atoms with E-state index in [4.69, 9.17) is 10.5 Å². The summed E-state index contributed by atoms with van der Waals surface area (Å²) in [5, 5.41) is 2.95. The minimum Gasteiger partial charge on any atom is -0.378 e. The second kappa shape index (κ2) is 13.5. The van der Waals surface area contributed by atoms with Gasteiger partial charge in [-0.25, -0.2) is 8.42 Å². The Morgan fingerprint density at radius 3 is 2.37 bits per heavy atom. The van der Waals surface area contributed by atoms with E-state index in [-0.39, 0.29) is 22.6 Å². The van der Waals surface area contributed by atoms with Crippen LogP contribution in [0.15, 0.2) is 53.4 Å². The second-order valence-corrected chi connectivity index (χ2v) is 13.7. The van der Waals surface area contributed by atoms with Crippen molar-refractivity contribution in [3.63, 3.8) is 0 Å². The van der Waals surface area contributed by atoms with E-state index in [9.17, 15) is 18.0 Å². The largest absolute Gasteiger partial charge is 0.378 e. The summed E-state index contributed by atoms with van der Waals surface area (Å²) < 4.78 is 29.8. The number of benzene rings is 2. The Labute approximate surface area is 244 Å². The average Bonchev–Trinajstić information content (AvgIpc) is 2.97. The minimum absolute atomic E-state index is 0.0621. The molecule has 10 heteroatoms. The molecular formula is C31H45N4O5S+. The summed E-state index contributed by atoms with van der Waals surface area (Å²) in [5.41, 5.74) is 8.77. The van der Waals surface area contributed by atoms with Crippen molar-refractivity contribution in [2.24, 2.45) is 11.7 Å². The summed E-state index contributed by atoms with van der Waals surface area (Å²) in [6.45, 7) is 10.0. The molecule has 2 amide bonds. The first kappa shape index (κ1) is 31.2. The van der Waals surface area contributed by atoms with Gasteiger partial charge >= 0.3 is 0 Å². The van der Waals surface area contributed by atoms with Gasteiger partial charge in [0.25, 0.3) is 5.91 Å². The van der Waals surface area contributed by atoms with Crippen LogP contribution in [0.25, 0.3) is 0 Å². The quantitative estimate of drug-likeness (QED) is 0.414. The van der Waals surface area contributed by atoms with Gasteiger partial charge in [-0.2, -0.15) is 0 Å². The van der Waals surface area contributed by atoms with Crippen LogP contribution < -0.4 is 11.1 Å². The number of hydrogen-bond donors (Lipinski definition) is 2. The van der Waals surface area contributed by atoms with Gasteiger partial charge in [-0.1, -0.05) is 19.1 Å². The molecule has 3 N–H and O–H groups in total. The van der Waals surface area contributed by atoms with Gasteiger partial charge < -0.3 is 25.2 Å². The third-order valence-corrected chi connectivity index (χ3v) is 10.00. The Morgan fingerprint density at radius 2 is 1.76 bits per heavy atom. The van der Waals surface area contributed by atoms with Gasteiger partial charge in [0.2, 0.25) is 5.91 Å². The lowest BCUT2D eigenvalue weighted by Crippen LogP contribution is -2.61. The maximum absolute atomic E-state index is 13.0. The Morgan fingerprint density at radius 1 is 1.10 bits per heavy atom. The molecule has 2 aromatic carbocycles. The lowest BCUT2D eigenvalue weighted by Gasteiger charge is -2.49. The number of amides is 2. The van der Waals surface area contributed by atoms with Crippen LogP contribution in [0.5, 0.6) is 0 Å². The number of sulfone groups is 1. The first-order valence-corrected chi connectivity index (χ1v) is 16.6. The fourth-order valence-electron chi connectivity index (χ4n) is 6.35. The molecule has 2 atom stereocenters. The Bertz CT molecular complexity index is 1300. The topological polar surface area (TPSA) is 119 Å². The molecule has 0 aromatic heterocycles. The molecule has 9 nitrogen and oxygen atoms in total. The number of anilines is 1. The molecule has 2 heterocycles. The summed E-state index contributed by atoms with van der Waals surface area (Å²) >= 11 is 0. The highest BCUT2D eigenvalue weighted by Gasteiger charge is 2.41. The molecule has 0 saturated carbocycles. The number of nitrogens with zero attached hydrogens (tertiary/aromatic N) is 2. The van der Waals surface area contributed by atoms with E-state index >= 15 is 0 Å². The van der Waals surface area contributed by atoms with Crippen LogP contribution in [0.3, 0.4) is 0 Å². The van der Waals surface area contributed by atoms with Gasteiger partial charge in [0.1, 0.15) is 0 Å². The lowest BCUT2D eigenvalue weighted by molar-refractivity contribution is -0.954. The smallest absolute Gasteiger partial charge is 0.255 e. The van der Waals surface area contributed by atoms with Crippen LogP contribution >= 0.6 is 0 Å². The van der Waals surface area contributed by atoms with Crippen molar-refractivity contribution in [3.05, 3.63) is 59.7 Å². The lowest BCUT2D eigenvalue weighted by atomic mass is 9.86. The Balaban J connectivity index is 1.37. The molecule has 2 aromatic rings. The predicted molar refractivity (Wildman–Crippen MR) is 160 cm³/mol. The third kappa shape index (κ3) is 7.74. The second-order valence-electron chi connectivity index (χ2n) is 11.7. The van der Waals surface area contributed by atoms with Crippen LogP contribution in [0.2, 0.25) is 0 Å². The zero-order valence-electron chi connectivity index (χ0n) is 24.6. The van der Waals surface area contributed by atoms with Crippen LogP contribution in [0.4, 0.5) is 5.69 Å². The molecule has 0 bridgehead atoms. The fraction of sp³-hybridized carbons (Fsp3) is 0.548. The zero-order chi connectivity index (χ0) is 29.6. The zero-order valence-corrected chi connectivity index (χ0v) is 25.4. The number of likely N-dealkylation sites (tertiary alicyclic amines) is 1. The van der Waals surface area contributed by atoms with Crippen molar-refractivity contribution >= 4 is 27.3 Å². The van der Waals surface area contributed by atoms with Crippen molar-refractivity contribution in [3.8, 4) is 0 Å². The highest BCUT2D eigenvalue weighted by atomic mass is 32.2. The van der Waals surface area contributed by atoms with Crippen molar-refractivity contribution in [1.82, 2.24) is 4.90 Å². The van der Waals surface area contributed by atoms with E-state index in [0.717, 1.165) is 61.6 Å². The number of morpholine rings is 1. The van der Waals surface area contributed by atoms with E-state index < -0.39 is 15.9 Å². The number of nitrogens with one attached hydrogen (secondary N) is 1. The van der Waals surface area contributed by atoms with E-state index in [1.807, 2.05) is 23.1 Å². The molecule has 0 spiro atoms. The summed E-state index contributed by atoms with van der Waals surface area (Å²) in [6, 6.07) is 13.8. The minimum atomic E-state index is -3.32. The monoisotopic (exact) mass is 585 g/mol. The van der Waals surface area contributed by atoms with Gasteiger partial charge in [-0.15, -0.1) is 0 Å². The van der Waals surface area contributed by atoms with Crippen LogP contribution in [0.1, 0.15) is 49.0 Å². The number of carbonyl (C=O) groups is 2. The van der Waals surface area contributed by atoms with Crippen molar-refractivity contribution in [1.29, 1.82) is 0 Å². The number of carbonyl (C=O) groups excluding carboxylic acids is 2. The van der Waals surface area contributed by atoms with Crippen LogP contribution in [-0.4, -0.2) is 93.9 Å². The van der Waals surface area contributed by atoms with Gasteiger partial charge in [-0.3, -0.25) is 9.59 Å². The van der Waals surface area contributed by atoms with Gasteiger partial charge in [-0.05, 0) is 61.2 Å². The molecule has 2 aliphatic heterocycles. The van der Waals surface area contributed by atoms with Crippen molar-refractivity contribution < 1.29 is 27.2 Å². The highest BCUT2D eigenvalue weighted by Crippen LogP contribution is 2.31. The molecule has 2 saturated heterocycles. The van der Waals surface area contributed by atoms with E-state index in [2.05, 4.69) is 25.2 Å². The van der Waals surface area contributed by atoms with E-state index in [0.29, 0.717) is 43.6 Å². The van der Waals surface area contributed by atoms with Crippen LogP contribution in [-0.2, 0) is 25.8 Å². The normalized spacial score (nSPS) is 23.0. The summed E-state index contributed by atoms with van der Waals surface area (Å²) in [5.74, 6) is -0.0208. The van der Waals surface area contributed by atoms with Crippen molar-refractivity contribution in [2.75, 3.05) is 57.5 Å². The molecule has 0 radical (unpaired) electrons. The molecule has 4 rings (SSSR count). The fourth-order valence-corrected chi connectivity index (χ4v) is 6.99. The van der Waals surface area contributed by atoms with Gasteiger partial charge in [0, 0.05) is 49.9 Å². The Kier molecular flexibility index (Phi) is 10.2. The maximum Gasteiger partial charge on any atom is 0.255 e. The number of nitrogens with two attached hydrogens (primary N) is 1. The number of hydrogen-bond acceptors (Lipinski definition) is 6. The number of ether oxygens (including phenoxy) is 1. The molecule has 2 aliphatic rings. The van der Waals surface area contributed by atoms with E-state index in [1.54, 1.807) is 0 Å².